The highest BCUT2D eigenvalue weighted by atomic mass is 35.5. The van der Waals surface area contributed by atoms with E-state index in [1.165, 1.54) is 18.2 Å². The molecule has 0 N–H and O–H groups in total. The maximum absolute atomic E-state index is 13.1. The third kappa shape index (κ3) is 4.04. The first kappa shape index (κ1) is 18.4. The molecule has 2 aromatic rings. The third-order valence-electron chi connectivity index (χ3n) is 4.51. The van der Waals surface area contributed by atoms with Crippen molar-refractivity contribution in [3.63, 3.8) is 0 Å². The molecule has 0 bridgehead atoms. The van der Waals surface area contributed by atoms with E-state index in [2.05, 4.69) is 4.98 Å². The Kier molecular flexibility index (Phi) is 5.56. The van der Waals surface area contributed by atoms with Crippen LogP contribution in [0.4, 0.5) is 4.39 Å². The second-order valence-corrected chi connectivity index (χ2v) is 6.71. The summed E-state index contributed by atoms with van der Waals surface area (Å²) >= 11 is 6.01. The molecule has 0 atom stereocenters. The molecule has 0 saturated carbocycles. The summed E-state index contributed by atoms with van der Waals surface area (Å²) in [5.41, 5.74) is 0.600. The van der Waals surface area contributed by atoms with Crippen LogP contribution in [0.5, 0.6) is 0 Å². The number of imidazole rings is 1. The lowest BCUT2D eigenvalue weighted by molar-refractivity contribution is -0.130. The monoisotopic (exact) mass is 378 g/mol. The van der Waals surface area contributed by atoms with Gasteiger partial charge in [-0.3, -0.25) is 9.59 Å². The van der Waals surface area contributed by atoms with E-state index >= 15 is 0 Å². The zero-order chi connectivity index (χ0) is 18.7. The van der Waals surface area contributed by atoms with Gasteiger partial charge in [0.1, 0.15) is 5.82 Å². The normalized spacial score (nSPS) is 15.0. The first-order valence-electron chi connectivity index (χ1n) is 8.44. The van der Waals surface area contributed by atoms with Gasteiger partial charge in [0.25, 0.3) is 5.91 Å². The molecule has 1 saturated heterocycles. The van der Waals surface area contributed by atoms with Crippen molar-refractivity contribution in [2.45, 2.75) is 12.8 Å². The second-order valence-electron chi connectivity index (χ2n) is 6.30. The van der Waals surface area contributed by atoms with Crippen LogP contribution in [0.2, 0.25) is 5.02 Å². The van der Waals surface area contributed by atoms with Gasteiger partial charge < -0.3 is 14.4 Å². The fourth-order valence-corrected chi connectivity index (χ4v) is 3.26. The van der Waals surface area contributed by atoms with E-state index in [1.807, 2.05) is 0 Å². The van der Waals surface area contributed by atoms with Gasteiger partial charge in [0, 0.05) is 50.6 Å². The number of halogens is 2. The first-order valence-corrected chi connectivity index (χ1v) is 8.82. The lowest BCUT2D eigenvalue weighted by Crippen LogP contribution is -2.38. The number of hydrogen-bond donors (Lipinski definition) is 0. The Bertz CT molecular complexity index is 823. The van der Waals surface area contributed by atoms with Crippen molar-refractivity contribution < 1.29 is 14.0 Å². The molecular weight excluding hydrogens is 359 g/mol. The predicted molar refractivity (Wildman–Crippen MR) is 95.4 cm³/mol. The fourth-order valence-electron chi connectivity index (χ4n) is 3.02. The van der Waals surface area contributed by atoms with Crippen LogP contribution in [0.15, 0.2) is 30.6 Å². The molecule has 3 rings (SSSR count). The fraction of sp³-hybridized carbons (Fsp3) is 0.389. The van der Waals surface area contributed by atoms with Crippen LogP contribution in [0.25, 0.3) is 0 Å². The number of rotatable bonds is 3. The SMILES string of the molecule is Cn1ccnc1C(=O)N1CCCN(C(=O)Cc2ccc(F)cc2Cl)CC1. The highest BCUT2D eigenvalue weighted by Gasteiger charge is 2.25. The van der Waals surface area contributed by atoms with E-state index in [0.717, 1.165) is 0 Å². The smallest absolute Gasteiger partial charge is 0.289 e. The zero-order valence-electron chi connectivity index (χ0n) is 14.5. The van der Waals surface area contributed by atoms with Crippen LogP contribution in [-0.4, -0.2) is 57.3 Å². The van der Waals surface area contributed by atoms with Gasteiger partial charge in [-0.25, -0.2) is 9.37 Å². The highest BCUT2D eigenvalue weighted by molar-refractivity contribution is 6.31. The molecule has 1 fully saturated rings. The standard InChI is InChI=1S/C18H20ClFN4O2/c1-22-8-5-21-17(22)18(26)24-7-2-6-23(9-10-24)16(25)11-13-3-4-14(20)12-15(13)19/h3-5,8,12H,2,6-7,9-11H2,1H3. The molecule has 0 unspecified atom stereocenters. The summed E-state index contributed by atoms with van der Waals surface area (Å²) < 4.78 is 14.8. The Morgan fingerprint density at radius 1 is 1.19 bits per heavy atom. The van der Waals surface area contributed by atoms with E-state index < -0.39 is 5.82 Å². The van der Waals surface area contributed by atoms with Gasteiger partial charge in [0.05, 0.1) is 6.42 Å². The zero-order valence-corrected chi connectivity index (χ0v) is 15.2. The Balaban J connectivity index is 1.62. The van der Waals surface area contributed by atoms with Crippen molar-refractivity contribution in [1.29, 1.82) is 0 Å². The van der Waals surface area contributed by atoms with E-state index in [1.54, 1.807) is 33.8 Å². The van der Waals surface area contributed by atoms with Gasteiger partial charge in [-0.2, -0.15) is 0 Å². The molecule has 1 aromatic carbocycles. The van der Waals surface area contributed by atoms with Gasteiger partial charge in [-0.15, -0.1) is 0 Å². The van der Waals surface area contributed by atoms with E-state index in [4.69, 9.17) is 11.6 Å². The molecule has 2 heterocycles. The maximum atomic E-state index is 13.1. The number of hydrogen-bond acceptors (Lipinski definition) is 3. The summed E-state index contributed by atoms with van der Waals surface area (Å²) in [6.07, 6.45) is 4.13. The molecule has 0 spiro atoms. The number of carbonyl (C=O) groups excluding carboxylic acids is 2. The molecule has 8 heteroatoms. The summed E-state index contributed by atoms with van der Waals surface area (Å²) in [6, 6.07) is 4.04. The van der Waals surface area contributed by atoms with Crippen molar-refractivity contribution in [2.24, 2.45) is 7.05 Å². The Hall–Kier alpha value is -2.41. The molecule has 0 radical (unpaired) electrons. The van der Waals surface area contributed by atoms with Crippen molar-refractivity contribution in [3.8, 4) is 0 Å². The minimum Gasteiger partial charge on any atom is -0.341 e. The van der Waals surface area contributed by atoms with Gasteiger partial charge in [-0.1, -0.05) is 17.7 Å². The topological polar surface area (TPSA) is 58.4 Å². The number of nitrogens with zero attached hydrogens (tertiary/aromatic N) is 4. The van der Waals surface area contributed by atoms with Crippen molar-refractivity contribution in [3.05, 3.63) is 52.8 Å². The van der Waals surface area contributed by atoms with E-state index in [0.29, 0.717) is 44.0 Å². The second kappa shape index (κ2) is 7.86. The third-order valence-corrected chi connectivity index (χ3v) is 4.86. The Morgan fingerprint density at radius 2 is 1.92 bits per heavy atom. The van der Waals surface area contributed by atoms with Gasteiger partial charge in [-0.05, 0) is 24.1 Å². The van der Waals surface area contributed by atoms with E-state index in [-0.39, 0.29) is 23.3 Å². The number of amides is 2. The number of aromatic nitrogens is 2. The molecule has 2 amide bonds. The minimum atomic E-state index is -0.426. The van der Waals surface area contributed by atoms with Gasteiger partial charge in [0.2, 0.25) is 5.91 Å². The molecule has 1 aliphatic heterocycles. The van der Waals surface area contributed by atoms with Gasteiger partial charge >= 0.3 is 0 Å². The van der Waals surface area contributed by atoms with Crippen LogP contribution >= 0.6 is 11.6 Å². The lowest BCUT2D eigenvalue weighted by Gasteiger charge is -2.22. The summed E-state index contributed by atoms with van der Waals surface area (Å²) in [7, 11) is 1.78. The summed E-state index contributed by atoms with van der Waals surface area (Å²) in [6.45, 7) is 2.05. The predicted octanol–water partition coefficient (Wildman–Crippen LogP) is 2.13. The molecule has 6 nitrogen and oxygen atoms in total. The first-order chi connectivity index (χ1) is 12.5. The molecule has 1 aromatic heterocycles. The molecule has 26 heavy (non-hydrogen) atoms. The molecular formula is C18H20ClFN4O2. The largest absolute Gasteiger partial charge is 0.341 e. The average Bonchev–Trinajstić information content (AvgIpc) is 2.89. The summed E-state index contributed by atoms with van der Waals surface area (Å²) in [4.78, 5) is 32.7. The van der Waals surface area contributed by atoms with Crippen LogP contribution in [-0.2, 0) is 18.3 Å². The molecule has 0 aliphatic carbocycles. The minimum absolute atomic E-state index is 0.0789. The van der Waals surface area contributed by atoms with Crippen molar-refractivity contribution in [2.75, 3.05) is 26.2 Å². The Labute approximate surface area is 156 Å². The number of carbonyl (C=O) groups is 2. The van der Waals surface area contributed by atoms with Crippen LogP contribution in [0, 0.1) is 5.82 Å². The van der Waals surface area contributed by atoms with Crippen molar-refractivity contribution in [1.82, 2.24) is 19.4 Å². The lowest BCUT2D eigenvalue weighted by atomic mass is 10.1. The van der Waals surface area contributed by atoms with E-state index in [9.17, 15) is 14.0 Å². The van der Waals surface area contributed by atoms with Gasteiger partial charge in [0.15, 0.2) is 5.82 Å². The van der Waals surface area contributed by atoms with Crippen molar-refractivity contribution >= 4 is 23.4 Å². The van der Waals surface area contributed by atoms with Crippen LogP contribution < -0.4 is 0 Å². The maximum Gasteiger partial charge on any atom is 0.289 e. The highest BCUT2D eigenvalue weighted by Crippen LogP contribution is 2.19. The number of benzene rings is 1. The Morgan fingerprint density at radius 3 is 2.62 bits per heavy atom. The average molecular weight is 379 g/mol. The summed E-state index contributed by atoms with van der Waals surface area (Å²) in [5, 5.41) is 0.250. The van der Waals surface area contributed by atoms with Crippen LogP contribution in [0.1, 0.15) is 22.6 Å². The summed E-state index contributed by atoms with van der Waals surface area (Å²) in [5.74, 6) is -0.245. The molecule has 138 valence electrons. The number of aryl methyl sites for hydroxylation is 1. The van der Waals surface area contributed by atoms with Crippen LogP contribution in [0.3, 0.4) is 0 Å². The quantitative estimate of drug-likeness (QED) is 0.822. The molecule has 1 aliphatic rings.